The minimum atomic E-state index is 0.642. The summed E-state index contributed by atoms with van der Waals surface area (Å²) in [5, 5.41) is 3.48. The molecule has 0 aromatic carbocycles. The molecule has 0 spiro atoms. The Labute approximate surface area is 122 Å². The van der Waals surface area contributed by atoms with E-state index in [0.717, 1.165) is 44.2 Å². The third kappa shape index (κ3) is 4.51. The largest absolute Gasteiger partial charge is 0.381 e. The number of nitrogens with one attached hydrogen (secondary N) is 1. The van der Waals surface area contributed by atoms with Crippen LogP contribution in [0.5, 0.6) is 0 Å². The van der Waals surface area contributed by atoms with E-state index in [9.17, 15) is 0 Å². The summed E-state index contributed by atoms with van der Waals surface area (Å²) < 4.78 is 7.87. The first-order valence-corrected chi connectivity index (χ1v) is 8.18. The summed E-state index contributed by atoms with van der Waals surface area (Å²) in [6.45, 7) is 6.86. The molecule has 2 rings (SSSR count). The van der Waals surface area contributed by atoms with E-state index in [4.69, 9.17) is 4.74 Å². The van der Waals surface area contributed by atoms with E-state index in [2.05, 4.69) is 34.9 Å². The predicted molar refractivity (Wildman–Crippen MR) is 83.3 cm³/mol. The van der Waals surface area contributed by atoms with Crippen LogP contribution in [-0.2, 0) is 4.74 Å². The molecule has 0 aliphatic heterocycles. The molecule has 4 nitrogen and oxygen atoms in total. The topological polar surface area (TPSA) is 39.1 Å². The highest BCUT2D eigenvalue weighted by Crippen LogP contribution is 2.30. The van der Waals surface area contributed by atoms with Gasteiger partial charge in [0, 0.05) is 32.0 Å². The van der Waals surface area contributed by atoms with Gasteiger partial charge in [0.1, 0.15) is 0 Å². The van der Waals surface area contributed by atoms with Crippen molar-refractivity contribution < 1.29 is 4.74 Å². The maximum Gasteiger partial charge on any atom is 0.203 e. The molecule has 0 amide bonds. The SMILES string of the molecule is CCCOCCCNc1nc(C)cn1C1CCCCC1. The second-order valence-corrected chi connectivity index (χ2v) is 5.80. The molecule has 1 aliphatic rings. The molecular formula is C16H29N3O. The molecule has 1 aromatic heterocycles. The molecule has 0 saturated heterocycles. The molecule has 20 heavy (non-hydrogen) atoms. The molecule has 0 radical (unpaired) electrons. The molecule has 1 N–H and O–H groups in total. The minimum Gasteiger partial charge on any atom is -0.381 e. The lowest BCUT2D eigenvalue weighted by atomic mass is 9.95. The lowest BCUT2D eigenvalue weighted by molar-refractivity contribution is 0.134. The van der Waals surface area contributed by atoms with Crippen molar-refractivity contribution in [3.05, 3.63) is 11.9 Å². The Hall–Kier alpha value is -1.03. The van der Waals surface area contributed by atoms with E-state index < -0.39 is 0 Å². The zero-order chi connectivity index (χ0) is 14.2. The van der Waals surface area contributed by atoms with E-state index >= 15 is 0 Å². The molecule has 1 aromatic rings. The number of imidazole rings is 1. The minimum absolute atomic E-state index is 0.642. The van der Waals surface area contributed by atoms with Crippen molar-refractivity contribution in [1.29, 1.82) is 0 Å². The van der Waals surface area contributed by atoms with Crippen LogP contribution in [0.4, 0.5) is 5.95 Å². The summed E-state index contributed by atoms with van der Waals surface area (Å²) in [4.78, 5) is 4.63. The second-order valence-electron chi connectivity index (χ2n) is 5.80. The van der Waals surface area contributed by atoms with Gasteiger partial charge in [-0.25, -0.2) is 4.98 Å². The average molecular weight is 279 g/mol. The van der Waals surface area contributed by atoms with Gasteiger partial charge in [-0.05, 0) is 32.6 Å². The van der Waals surface area contributed by atoms with Crippen molar-refractivity contribution in [3.63, 3.8) is 0 Å². The van der Waals surface area contributed by atoms with Crippen LogP contribution in [0.1, 0.15) is 63.6 Å². The van der Waals surface area contributed by atoms with Crippen LogP contribution >= 0.6 is 0 Å². The van der Waals surface area contributed by atoms with Crippen molar-refractivity contribution >= 4 is 5.95 Å². The van der Waals surface area contributed by atoms with Crippen LogP contribution < -0.4 is 5.32 Å². The maximum absolute atomic E-state index is 5.51. The highest BCUT2D eigenvalue weighted by Gasteiger charge is 2.18. The quantitative estimate of drug-likeness (QED) is 0.733. The first-order valence-electron chi connectivity index (χ1n) is 8.18. The number of aryl methyl sites for hydroxylation is 1. The van der Waals surface area contributed by atoms with Gasteiger partial charge in [-0.1, -0.05) is 26.2 Å². The van der Waals surface area contributed by atoms with Crippen molar-refractivity contribution in [1.82, 2.24) is 9.55 Å². The van der Waals surface area contributed by atoms with Crippen LogP contribution in [0.15, 0.2) is 6.20 Å². The molecule has 4 heteroatoms. The first kappa shape index (κ1) is 15.4. The molecule has 1 aliphatic carbocycles. The summed E-state index contributed by atoms with van der Waals surface area (Å²) in [7, 11) is 0. The van der Waals surface area contributed by atoms with Crippen LogP contribution in [0.25, 0.3) is 0 Å². The maximum atomic E-state index is 5.51. The Kier molecular flexibility index (Phi) is 6.37. The number of anilines is 1. The van der Waals surface area contributed by atoms with E-state index in [0.29, 0.717) is 6.04 Å². The normalized spacial score (nSPS) is 16.5. The zero-order valence-corrected chi connectivity index (χ0v) is 13.0. The van der Waals surface area contributed by atoms with Crippen LogP contribution in [-0.4, -0.2) is 29.3 Å². The molecule has 0 unspecified atom stereocenters. The Morgan fingerprint density at radius 3 is 2.85 bits per heavy atom. The van der Waals surface area contributed by atoms with Crippen molar-refractivity contribution in [2.45, 2.75) is 64.8 Å². The highest BCUT2D eigenvalue weighted by atomic mass is 16.5. The molecule has 1 fully saturated rings. The van der Waals surface area contributed by atoms with Gasteiger partial charge in [-0.2, -0.15) is 0 Å². The number of hydrogen-bond acceptors (Lipinski definition) is 3. The summed E-state index contributed by atoms with van der Waals surface area (Å²) in [5.74, 6) is 1.05. The Morgan fingerprint density at radius 1 is 1.30 bits per heavy atom. The predicted octanol–water partition coefficient (Wildman–Crippen LogP) is 3.93. The van der Waals surface area contributed by atoms with Crippen molar-refractivity contribution in [2.75, 3.05) is 25.1 Å². The van der Waals surface area contributed by atoms with Crippen LogP contribution in [0.2, 0.25) is 0 Å². The average Bonchev–Trinajstić information content (AvgIpc) is 2.85. The first-order chi connectivity index (χ1) is 9.81. The molecule has 114 valence electrons. The fourth-order valence-corrected chi connectivity index (χ4v) is 2.91. The van der Waals surface area contributed by atoms with Crippen molar-refractivity contribution in [2.24, 2.45) is 0 Å². The summed E-state index contributed by atoms with van der Waals surface area (Å²) >= 11 is 0. The molecule has 0 atom stereocenters. The fourth-order valence-electron chi connectivity index (χ4n) is 2.91. The van der Waals surface area contributed by atoms with E-state index in [-0.39, 0.29) is 0 Å². The Morgan fingerprint density at radius 2 is 2.10 bits per heavy atom. The smallest absolute Gasteiger partial charge is 0.203 e. The number of ether oxygens (including phenoxy) is 1. The monoisotopic (exact) mass is 279 g/mol. The number of aromatic nitrogens is 2. The Bertz CT molecular complexity index is 383. The van der Waals surface area contributed by atoms with Crippen molar-refractivity contribution in [3.8, 4) is 0 Å². The standard InChI is InChI=1S/C16H29N3O/c1-3-11-20-12-7-10-17-16-18-14(2)13-19(16)15-8-5-4-6-9-15/h13,15H,3-12H2,1-2H3,(H,17,18). The van der Waals surface area contributed by atoms with Gasteiger partial charge in [-0.3, -0.25) is 0 Å². The third-order valence-corrected chi connectivity index (χ3v) is 3.92. The van der Waals surface area contributed by atoms with Gasteiger partial charge in [0.05, 0.1) is 5.69 Å². The van der Waals surface area contributed by atoms with Gasteiger partial charge in [0.2, 0.25) is 5.95 Å². The van der Waals surface area contributed by atoms with E-state index in [1.807, 2.05) is 0 Å². The van der Waals surface area contributed by atoms with Gasteiger partial charge in [0.25, 0.3) is 0 Å². The third-order valence-electron chi connectivity index (χ3n) is 3.92. The zero-order valence-electron chi connectivity index (χ0n) is 13.0. The molecule has 0 bridgehead atoms. The van der Waals surface area contributed by atoms with Crippen LogP contribution in [0.3, 0.4) is 0 Å². The molecule has 1 heterocycles. The van der Waals surface area contributed by atoms with Gasteiger partial charge in [-0.15, -0.1) is 0 Å². The molecular weight excluding hydrogens is 250 g/mol. The van der Waals surface area contributed by atoms with E-state index in [1.54, 1.807) is 0 Å². The van der Waals surface area contributed by atoms with Gasteiger partial charge < -0.3 is 14.6 Å². The summed E-state index contributed by atoms with van der Waals surface area (Å²) in [5.41, 5.74) is 1.11. The number of nitrogens with zero attached hydrogens (tertiary/aromatic N) is 2. The lowest BCUT2D eigenvalue weighted by Crippen LogP contribution is -2.16. The fraction of sp³-hybridized carbons (Fsp3) is 0.812. The van der Waals surface area contributed by atoms with E-state index in [1.165, 1.54) is 32.1 Å². The lowest BCUT2D eigenvalue weighted by Gasteiger charge is -2.24. The van der Waals surface area contributed by atoms with Gasteiger partial charge >= 0.3 is 0 Å². The number of rotatable bonds is 8. The molecule has 1 saturated carbocycles. The highest BCUT2D eigenvalue weighted by molar-refractivity contribution is 5.29. The van der Waals surface area contributed by atoms with Crippen LogP contribution in [0, 0.1) is 6.92 Å². The second kappa shape index (κ2) is 8.30. The summed E-state index contributed by atoms with van der Waals surface area (Å²) in [6.07, 6.45) is 11.0. The Balaban J connectivity index is 1.81. The number of hydrogen-bond donors (Lipinski definition) is 1. The van der Waals surface area contributed by atoms with Gasteiger partial charge in [0.15, 0.2) is 0 Å². The summed E-state index contributed by atoms with van der Waals surface area (Å²) in [6, 6.07) is 0.642.